The molecule has 0 aliphatic carbocycles. The first-order chi connectivity index (χ1) is 2.56. The van der Waals surface area contributed by atoms with Gasteiger partial charge in [0.25, 0.3) is 0 Å². The average molecular weight is 156 g/mol. The van der Waals surface area contributed by atoms with E-state index in [1.54, 1.807) is 0 Å². The van der Waals surface area contributed by atoms with Crippen LogP contribution in [0.1, 0.15) is 0 Å². The van der Waals surface area contributed by atoms with Crippen molar-refractivity contribution in [1.29, 1.82) is 0 Å². The van der Waals surface area contributed by atoms with Gasteiger partial charge in [0.15, 0.2) is 0 Å². The van der Waals surface area contributed by atoms with Crippen molar-refractivity contribution in [2.75, 3.05) is 0 Å². The third-order valence-electron chi connectivity index (χ3n) is 0.137. The van der Waals surface area contributed by atoms with E-state index in [0.29, 0.717) is 0 Å². The fourth-order valence-corrected chi connectivity index (χ4v) is 0. The lowest BCUT2D eigenvalue weighted by atomic mass is 13.6. The van der Waals surface area contributed by atoms with Gasteiger partial charge in [0, 0.05) is 0 Å². The maximum Gasteiger partial charge on any atom is 0.485 e. The second-order valence-corrected chi connectivity index (χ2v) is 1.79. The zero-order chi connectivity index (χ0) is 5.21. The van der Waals surface area contributed by atoms with E-state index in [9.17, 15) is 4.57 Å². The Balaban J connectivity index is -0.000000125. The van der Waals surface area contributed by atoms with Crippen LogP contribution in [0, 0.1) is 0 Å². The fourth-order valence-electron chi connectivity index (χ4n) is 0. The van der Waals surface area contributed by atoms with E-state index in [1.807, 2.05) is 0 Å². The predicted octanol–water partition coefficient (Wildman–Crippen LogP) is -1.78. The average Bonchev–Trinajstić information content (AvgIpc) is 1.35. The highest BCUT2D eigenvalue weighted by atomic mass is 31.2. The van der Waals surface area contributed by atoms with Gasteiger partial charge in [-0.05, 0) is 0 Å². The van der Waals surface area contributed by atoms with Crippen molar-refractivity contribution >= 4 is 30.9 Å². The van der Waals surface area contributed by atoms with Crippen molar-refractivity contribution in [2.45, 2.75) is 0 Å². The Morgan fingerprint density at radius 2 is 1.62 bits per heavy atom. The van der Waals surface area contributed by atoms with Gasteiger partial charge in [-0.25, -0.2) is 15.1 Å². The number of hydrogen-bond acceptors (Lipinski definition) is 4. The van der Waals surface area contributed by atoms with Gasteiger partial charge in [-0.2, -0.15) is 0 Å². The van der Waals surface area contributed by atoms with E-state index < -0.39 is 7.82 Å². The second-order valence-electron chi connectivity index (χ2n) is 0.596. The Hall–Kier alpha value is 0.796. The zero-order valence-corrected chi connectivity index (χ0v) is 4.34. The summed E-state index contributed by atoms with van der Waals surface area (Å²) in [5.74, 6) is 4.04. The van der Waals surface area contributed by atoms with Crippen LogP contribution in [0.2, 0.25) is 0 Å². The van der Waals surface area contributed by atoms with E-state index in [4.69, 9.17) is 9.79 Å². The molecule has 0 unspecified atom stereocenters. The van der Waals surface area contributed by atoms with Gasteiger partial charge in [-0.3, -0.25) is 0 Å². The van der Waals surface area contributed by atoms with E-state index >= 15 is 0 Å². The molecule has 0 atom stereocenters. The molecule has 0 bridgehead atoms. The maximum atomic E-state index is 9.35. The number of nitrogens with two attached hydrogens (primary N) is 1. The van der Waals surface area contributed by atoms with Crippen molar-refractivity contribution in [1.82, 2.24) is 6.15 Å². The molecule has 7 N–H and O–H groups in total. The Morgan fingerprint density at radius 1 is 1.50 bits per heavy atom. The van der Waals surface area contributed by atoms with Crippen LogP contribution in [0.5, 0.6) is 0 Å². The Bertz CT molecular complexity index is 78.1. The topological polar surface area (TPSA) is 128 Å². The SMILES string of the molecule is N.NOP(=O)(O)O.[MgH2]. The Labute approximate surface area is 62.3 Å². The van der Waals surface area contributed by atoms with Crippen LogP contribution >= 0.6 is 7.82 Å². The van der Waals surface area contributed by atoms with Gasteiger partial charge in [0.2, 0.25) is 0 Å². The van der Waals surface area contributed by atoms with Crippen LogP contribution in [-0.4, -0.2) is 32.8 Å². The lowest BCUT2D eigenvalue weighted by Gasteiger charge is -1.92. The van der Waals surface area contributed by atoms with Gasteiger partial charge in [0.05, 0.1) is 0 Å². The van der Waals surface area contributed by atoms with E-state index in [0.717, 1.165) is 0 Å². The molecule has 0 saturated heterocycles. The minimum absolute atomic E-state index is 0. The van der Waals surface area contributed by atoms with Gasteiger partial charge in [-0.1, -0.05) is 0 Å². The molecule has 0 aromatic rings. The molecule has 0 aromatic heterocycles. The standard InChI is InChI=1S/Mg.H4NO4P.H3N.2H/c;1-5-6(2,3)4;;;/h;1H2,(H2,2,3,4);1H3;;. The molecule has 0 radical (unpaired) electrons. The fraction of sp³-hybridized carbons (Fsp3) is 0. The third kappa shape index (κ3) is 15.8. The summed E-state index contributed by atoms with van der Waals surface area (Å²) in [6.45, 7) is 0. The lowest BCUT2D eigenvalue weighted by Crippen LogP contribution is -1.93. The summed E-state index contributed by atoms with van der Waals surface area (Å²) in [5.41, 5.74) is 0. The zero-order valence-electron chi connectivity index (χ0n) is 3.44. The van der Waals surface area contributed by atoms with Crippen LogP contribution in [0.15, 0.2) is 0 Å². The molecule has 8 heavy (non-hydrogen) atoms. The predicted molar refractivity (Wildman–Crippen MR) is 30.9 cm³/mol. The Kier molecular flexibility index (Phi) is 11.8. The first-order valence-electron chi connectivity index (χ1n) is 1.00. The van der Waals surface area contributed by atoms with E-state index in [-0.39, 0.29) is 29.2 Å². The summed E-state index contributed by atoms with van der Waals surface area (Å²) in [6, 6.07) is 0. The molecule has 6 nitrogen and oxygen atoms in total. The van der Waals surface area contributed by atoms with Gasteiger partial charge >= 0.3 is 30.9 Å². The molecule has 8 heteroatoms. The summed E-state index contributed by atoms with van der Waals surface area (Å²) >= 11 is 0. The number of hydrogen-bond donors (Lipinski definition) is 4. The van der Waals surface area contributed by atoms with Crippen LogP contribution in [0.4, 0.5) is 0 Å². The minimum Gasteiger partial charge on any atom is -0.344 e. The molecule has 0 spiro atoms. The van der Waals surface area contributed by atoms with Gasteiger partial charge in [-0.15, -0.1) is 0 Å². The van der Waals surface area contributed by atoms with Crippen molar-refractivity contribution in [3.05, 3.63) is 0 Å². The smallest absolute Gasteiger partial charge is 0.344 e. The third-order valence-corrected chi connectivity index (χ3v) is 0.412. The summed E-state index contributed by atoms with van der Waals surface area (Å²) in [5, 5.41) is 0. The van der Waals surface area contributed by atoms with Crippen LogP contribution in [0.3, 0.4) is 0 Å². The highest BCUT2D eigenvalue weighted by Gasteiger charge is 2.08. The molecule has 0 aliphatic rings. The number of phosphoric acid groups is 1. The van der Waals surface area contributed by atoms with Crippen molar-refractivity contribution in [3.63, 3.8) is 0 Å². The van der Waals surface area contributed by atoms with Crippen molar-refractivity contribution in [2.24, 2.45) is 5.90 Å². The molecular formula is H9MgN2O4P. The van der Waals surface area contributed by atoms with Gasteiger partial charge in [0.1, 0.15) is 0 Å². The molecule has 0 saturated carbocycles. The summed E-state index contributed by atoms with van der Waals surface area (Å²) in [6.07, 6.45) is 0. The first-order valence-corrected chi connectivity index (χ1v) is 2.53. The normalized spacial score (nSPS) is 8.88. The molecular weight excluding hydrogens is 147 g/mol. The monoisotopic (exact) mass is 156 g/mol. The molecule has 0 rings (SSSR count). The molecule has 0 aliphatic heterocycles. The van der Waals surface area contributed by atoms with E-state index in [1.165, 1.54) is 0 Å². The van der Waals surface area contributed by atoms with Crippen molar-refractivity contribution in [3.8, 4) is 0 Å². The second kappa shape index (κ2) is 5.92. The maximum absolute atomic E-state index is 9.35. The number of rotatable bonds is 1. The molecule has 0 aromatic carbocycles. The lowest BCUT2D eigenvalue weighted by molar-refractivity contribution is 0.201. The Morgan fingerprint density at radius 3 is 1.62 bits per heavy atom. The van der Waals surface area contributed by atoms with Crippen LogP contribution in [0.25, 0.3) is 0 Å². The van der Waals surface area contributed by atoms with Crippen LogP contribution in [-0.2, 0) is 9.19 Å². The molecule has 0 amide bonds. The molecule has 0 heterocycles. The van der Waals surface area contributed by atoms with Crippen LogP contribution < -0.4 is 12.0 Å². The molecule has 50 valence electrons. The minimum atomic E-state index is -4.37. The van der Waals surface area contributed by atoms with E-state index in [2.05, 4.69) is 10.5 Å². The summed E-state index contributed by atoms with van der Waals surface area (Å²) < 4.78 is 12.5. The van der Waals surface area contributed by atoms with Gasteiger partial charge < -0.3 is 15.9 Å². The summed E-state index contributed by atoms with van der Waals surface area (Å²) in [7, 11) is -4.37. The molecule has 0 fully saturated rings. The highest BCUT2D eigenvalue weighted by Crippen LogP contribution is 2.32. The largest absolute Gasteiger partial charge is 0.485 e. The highest BCUT2D eigenvalue weighted by molar-refractivity contribution is 7.46. The quantitative estimate of drug-likeness (QED) is 0.202. The first kappa shape index (κ1) is 15.9. The summed E-state index contributed by atoms with van der Waals surface area (Å²) in [4.78, 5) is 15.2. The van der Waals surface area contributed by atoms with Crippen molar-refractivity contribution < 1.29 is 19.0 Å².